The van der Waals surface area contributed by atoms with Gasteiger partial charge in [0.1, 0.15) is 5.78 Å². The quantitative estimate of drug-likeness (QED) is 0.759. The van der Waals surface area contributed by atoms with Gasteiger partial charge in [-0.2, -0.15) is 0 Å². The van der Waals surface area contributed by atoms with Crippen LogP contribution in [-0.4, -0.2) is 17.6 Å². The van der Waals surface area contributed by atoms with Gasteiger partial charge in [0, 0.05) is 17.8 Å². The van der Waals surface area contributed by atoms with Crippen LogP contribution in [0.15, 0.2) is 0 Å². The molecule has 0 aliphatic carbocycles. The highest BCUT2D eigenvalue weighted by atomic mass is 16.1. The second-order valence-electron chi connectivity index (χ2n) is 5.38. The largest absolute Gasteiger partial charge is 0.321 e. The van der Waals surface area contributed by atoms with E-state index in [0.717, 1.165) is 0 Å². The van der Waals surface area contributed by atoms with Crippen molar-refractivity contribution < 1.29 is 9.59 Å². The van der Waals surface area contributed by atoms with Crippen LogP contribution in [0.4, 0.5) is 0 Å². The van der Waals surface area contributed by atoms with E-state index in [1.54, 1.807) is 0 Å². The lowest BCUT2D eigenvalue weighted by Gasteiger charge is -2.21. The highest BCUT2D eigenvalue weighted by Gasteiger charge is 2.27. The molecular formula is C12H23NO2. The van der Waals surface area contributed by atoms with E-state index in [9.17, 15) is 9.59 Å². The van der Waals surface area contributed by atoms with Crippen molar-refractivity contribution in [1.82, 2.24) is 0 Å². The minimum absolute atomic E-state index is 0.0269. The maximum absolute atomic E-state index is 11.7. The molecule has 88 valence electrons. The maximum Gasteiger partial charge on any atom is 0.154 e. The molecule has 0 aromatic carbocycles. The number of ketones is 2. The molecule has 0 aromatic rings. The first-order chi connectivity index (χ1) is 6.66. The molecule has 0 rings (SSSR count). The van der Waals surface area contributed by atoms with Crippen molar-refractivity contribution in [2.24, 2.45) is 17.1 Å². The van der Waals surface area contributed by atoms with Crippen LogP contribution in [-0.2, 0) is 9.59 Å². The summed E-state index contributed by atoms with van der Waals surface area (Å²) >= 11 is 0. The van der Waals surface area contributed by atoms with E-state index in [1.807, 2.05) is 34.6 Å². The van der Waals surface area contributed by atoms with E-state index in [-0.39, 0.29) is 17.5 Å². The smallest absolute Gasteiger partial charge is 0.154 e. The lowest BCUT2D eigenvalue weighted by Crippen LogP contribution is -2.39. The van der Waals surface area contributed by atoms with Gasteiger partial charge in [-0.15, -0.1) is 0 Å². The standard InChI is InChI=1S/C12H23NO2/c1-8(2)10(14)7-6-9(13)11(15)12(3,4)5/h8-9H,6-7,13H2,1-5H3. The van der Waals surface area contributed by atoms with E-state index in [4.69, 9.17) is 5.73 Å². The fraction of sp³-hybridized carbons (Fsp3) is 0.833. The Morgan fingerprint density at radius 3 is 2.00 bits per heavy atom. The summed E-state index contributed by atoms with van der Waals surface area (Å²) in [6, 6.07) is -0.507. The number of Topliss-reactive ketones (excluding diaryl/α,β-unsaturated/α-hetero) is 2. The zero-order valence-corrected chi connectivity index (χ0v) is 10.5. The van der Waals surface area contributed by atoms with Gasteiger partial charge in [-0.25, -0.2) is 0 Å². The molecule has 0 amide bonds. The Bertz CT molecular complexity index is 238. The fourth-order valence-corrected chi connectivity index (χ4v) is 1.27. The third-order valence-corrected chi connectivity index (χ3v) is 2.42. The lowest BCUT2D eigenvalue weighted by atomic mass is 9.85. The Morgan fingerprint density at radius 2 is 1.67 bits per heavy atom. The summed E-state index contributed by atoms with van der Waals surface area (Å²) in [5.41, 5.74) is 5.33. The summed E-state index contributed by atoms with van der Waals surface area (Å²) in [6.07, 6.45) is 0.869. The summed E-state index contributed by atoms with van der Waals surface area (Å²) in [4.78, 5) is 23.1. The van der Waals surface area contributed by atoms with E-state index in [2.05, 4.69) is 0 Å². The molecule has 3 nitrogen and oxygen atoms in total. The molecule has 0 aliphatic rings. The van der Waals surface area contributed by atoms with Gasteiger partial charge in [0.25, 0.3) is 0 Å². The predicted octanol–water partition coefficient (Wildman–Crippen LogP) is 1.93. The minimum atomic E-state index is -0.507. The summed E-state index contributed by atoms with van der Waals surface area (Å²) in [6.45, 7) is 9.26. The molecule has 3 heteroatoms. The molecule has 15 heavy (non-hydrogen) atoms. The van der Waals surface area contributed by atoms with Crippen LogP contribution in [0.3, 0.4) is 0 Å². The molecule has 1 atom stereocenters. The van der Waals surface area contributed by atoms with Gasteiger partial charge in [0.05, 0.1) is 6.04 Å². The highest BCUT2D eigenvalue weighted by Crippen LogP contribution is 2.18. The van der Waals surface area contributed by atoms with Gasteiger partial charge in [-0.1, -0.05) is 34.6 Å². The minimum Gasteiger partial charge on any atom is -0.321 e. The Balaban J connectivity index is 4.11. The van der Waals surface area contributed by atoms with Gasteiger partial charge >= 0.3 is 0 Å². The van der Waals surface area contributed by atoms with E-state index >= 15 is 0 Å². The first-order valence-corrected chi connectivity index (χ1v) is 5.49. The first-order valence-electron chi connectivity index (χ1n) is 5.49. The van der Waals surface area contributed by atoms with Crippen LogP contribution in [0.25, 0.3) is 0 Å². The molecule has 0 saturated heterocycles. The van der Waals surface area contributed by atoms with E-state index in [0.29, 0.717) is 12.8 Å². The highest BCUT2D eigenvalue weighted by molar-refractivity contribution is 5.89. The summed E-state index contributed by atoms with van der Waals surface area (Å²) in [5, 5.41) is 0. The van der Waals surface area contributed by atoms with Gasteiger partial charge in [0.15, 0.2) is 5.78 Å². The Kier molecular flexibility index (Phi) is 5.15. The van der Waals surface area contributed by atoms with Gasteiger partial charge in [-0.05, 0) is 6.42 Å². The normalized spacial score (nSPS) is 14.1. The maximum atomic E-state index is 11.7. The zero-order chi connectivity index (χ0) is 12.2. The number of nitrogens with two attached hydrogens (primary N) is 1. The molecule has 0 bridgehead atoms. The van der Waals surface area contributed by atoms with Crippen molar-refractivity contribution in [1.29, 1.82) is 0 Å². The zero-order valence-electron chi connectivity index (χ0n) is 10.5. The summed E-state index contributed by atoms with van der Waals surface area (Å²) in [5.74, 6) is 0.230. The summed E-state index contributed by atoms with van der Waals surface area (Å²) in [7, 11) is 0. The number of hydrogen-bond acceptors (Lipinski definition) is 3. The van der Waals surface area contributed by atoms with Gasteiger partial charge < -0.3 is 5.73 Å². The fourth-order valence-electron chi connectivity index (χ4n) is 1.27. The van der Waals surface area contributed by atoms with Crippen LogP contribution in [0.1, 0.15) is 47.5 Å². The van der Waals surface area contributed by atoms with Crippen LogP contribution in [0.2, 0.25) is 0 Å². The SMILES string of the molecule is CC(C)C(=O)CCC(N)C(=O)C(C)(C)C. The number of carbonyl (C=O) groups is 2. The Hall–Kier alpha value is -0.700. The van der Waals surface area contributed by atoms with Crippen molar-refractivity contribution in [3.8, 4) is 0 Å². The Labute approximate surface area is 92.4 Å². The average Bonchev–Trinajstić information content (AvgIpc) is 2.10. The second-order valence-corrected chi connectivity index (χ2v) is 5.38. The van der Waals surface area contributed by atoms with Crippen molar-refractivity contribution >= 4 is 11.6 Å². The molecule has 1 unspecified atom stereocenters. The third kappa shape index (κ3) is 5.07. The number of rotatable bonds is 5. The van der Waals surface area contributed by atoms with E-state index < -0.39 is 11.5 Å². The number of carbonyl (C=O) groups excluding carboxylic acids is 2. The van der Waals surface area contributed by atoms with Crippen molar-refractivity contribution in [2.45, 2.75) is 53.5 Å². The molecule has 0 spiro atoms. The molecule has 0 heterocycles. The van der Waals surface area contributed by atoms with Crippen LogP contribution >= 0.6 is 0 Å². The van der Waals surface area contributed by atoms with Crippen molar-refractivity contribution in [3.05, 3.63) is 0 Å². The van der Waals surface area contributed by atoms with Gasteiger partial charge in [-0.3, -0.25) is 9.59 Å². The molecule has 0 fully saturated rings. The molecule has 0 aliphatic heterocycles. The molecule has 0 saturated carbocycles. The third-order valence-electron chi connectivity index (χ3n) is 2.42. The lowest BCUT2D eigenvalue weighted by molar-refractivity contribution is -0.128. The first kappa shape index (κ1) is 14.3. The van der Waals surface area contributed by atoms with Crippen LogP contribution in [0, 0.1) is 11.3 Å². The molecule has 0 radical (unpaired) electrons. The topological polar surface area (TPSA) is 60.2 Å². The van der Waals surface area contributed by atoms with Gasteiger partial charge in [0.2, 0.25) is 0 Å². The Morgan fingerprint density at radius 1 is 1.20 bits per heavy atom. The second kappa shape index (κ2) is 5.40. The molecular weight excluding hydrogens is 190 g/mol. The molecule has 0 aromatic heterocycles. The predicted molar refractivity (Wildman–Crippen MR) is 61.5 cm³/mol. The van der Waals surface area contributed by atoms with Crippen LogP contribution < -0.4 is 5.73 Å². The van der Waals surface area contributed by atoms with E-state index in [1.165, 1.54) is 0 Å². The van der Waals surface area contributed by atoms with Crippen molar-refractivity contribution in [3.63, 3.8) is 0 Å². The average molecular weight is 213 g/mol. The van der Waals surface area contributed by atoms with Crippen molar-refractivity contribution in [2.75, 3.05) is 0 Å². The monoisotopic (exact) mass is 213 g/mol. The van der Waals surface area contributed by atoms with Crippen LogP contribution in [0.5, 0.6) is 0 Å². The molecule has 2 N–H and O–H groups in total. The number of hydrogen-bond donors (Lipinski definition) is 1. The summed E-state index contributed by atoms with van der Waals surface area (Å²) < 4.78 is 0.